The molecular weight excluding hydrogens is 396 g/mol. The van der Waals surface area contributed by atoms with Gasteiger partial charge in [0.2, 0.25) is 5.91 Å². The summed E-state index contributed by atoms with van der Waals surface area (Å²) in [5, 5.41) is 1.29. The van der Waals surface area contributed by atoms with Gasteiger partial charge < -0.3 is 14.4 Å². The molecule has 0 aliphatic carbocycles. The normalized spacial score (nSPS) is 15.0. The Morgan fingerprint density at radius 1 is 1.21 bits per heavy atom. The summed E-state index contributed by atoms with van der Waals surface area (Å²) in [6, 6.07) is 13.4. The number of piperidine rings is 1. The molecule has 2 aromatic carbocycles. The molecule has 0 N–H and O–H groups in total. The molecule has 0 bridgehead atoms. The zero-order valence-corrected chi connectivity index (χ0v) is 17.1. The van der Waals surface area contributed by atoms with E-state index in [2.05, 4.69) is 4.98 Å². The second kappa shape index (κ2) is 8.37. The van der Waals surface area contributed by atoms with Crippen molar-refractivity contribution in [1.29, 1.82) is 0 Å². The molecule has 0 atom stereocenters. The number of carbonyl (C=O) groups is 1. The maximum Gasteiger partial charge on any atom is 0.274 e. The monoisotopic (exact) mass is 416 g/mol. The van der Waals surface area contributed by atoms with Gasteiger partial charge in [-0.25, -0.2) is 4.98 Å². The number of benzene rings is 2. The van der Waals surface area contributed by atoms with Crippen LogP contribution in [0.15, 0.2) is 42.5 Å². The van der Waals surface area contributed by atoms with E-state index in [-0.39, 0.29) is 12.0 Å². The van der Waals surface area contributed by atoms with Crippen molar-refractivity contribution in [2.75, 3.05) is 20.2 Å². The molecule has 0 radical (unpaired) electrons. The van der Waals surface area contributed by atoms with Gasteiger partial charge in [-0.3, -0.25) is 4.79 Å². The van der Waals surface area contributed by atoms with Crippen LogP contribution in [-0.2, 0) is 11.2 Å². The van der Waals surface area contributed by atoms with Gasteiger partial charge in [-0.2, -0.15) is 0 Å². The zero-order chi connectivity index (χ0) is 19.5. The molecule has 1 saturated heterocycles. The lowest BCUT2D eigenvalue weighted by Gasteiger charge is -2.31. The van der Waals surface area contributed by atoms with E-state index in [1.165, 1.54) is 11.3 Å². The Balaban J connectivity index is 1.30. The first-order valence-electron chi connectivity index (χ1n) is 9.25. The molecule has 4 rings (SSSR count). The van der Waals surface area contributed by atoms with Crippen molar-refractivity contribution >= 4 is 39.1 Å². The summed E-state index contributed by atoms with van der Waals surface area (Å²) in [6.07, 6.45) is 2.09. The van der Waals surface area contributed by atoms with Crippen LogP contribution < -0.4 is 9.47 Å². The molecule has 28 heavy (non-hydrogen) atoms. The van der Waals surface area contributed by atoms with E-state index < -0.39 is 0 Å². The van der Waals surface area contributed by atoms with E-state index in [9.17, 15) is 4.79 Å². The highest BCUT2D eigenvalue weighted by Crippen LogP contribution is 2.33. The Morgan fingerprint density at radius 3 is 2.64 bits per heavy atom. The molecule has 0 unspecified atom stereocenters. The minimum Gasteiger partial charge on any atom is -0.497 e. The van der Waals surface area contributed by atoms with Gasteiger partial charge in [0.1, 0.15) is 17.4 Å². The Kier molecular flexibility index (Phi) is 5.69. The summed E-state index contributed by atoms with van der Waals surface area (Å²) in [6.45, 7) is 1.40. The lowest BCUT2D eigenvalue weighted by Crippen LogP contribution is -2.42. The smallest absolute Gasteiger partial charge is 0.274 e. The molecule has 1 aromatic heterocycles. The van der Waals surface area contributed by atoms with E-state index in [4.69, 9.17) is 21.1 Å². The van der Waals surface area contributed by atoms with Crippen LogP contribution in [0.25, 0.3) is 10.2 Å². The third kappa shape index (κ3) is 4.23. The summed E-state index contributed by atoms with van der Waals surface area (Å²) in [4.78, 5) is 19.0. The van der Waals surface area contributed by atoms with Gasteiger partial charge in [-0.15, -0.1) is 0 Å². The number of amides is 1. The molecule has 1 aliphatic rings. The van der Waals surface area contributed by atoms with Crippen molar-refractivity contribution in [1.82, 2.24) is 9.88 Å². The highest BCUT2D eigenvalue weighted by atomic mass is 35.5. The molecule has 0 spiro atoms. The fourth-order valence-corrected chi connectivity index (χ4v) is 4.52. The van der Waals surface area contributed by atoms with E-state index in [1.807, 2.05) is 47.4 Å². The Bertz CT molecular complexity index is 965. The van der Waals surface area contributed by atoms with Gasteiger partial charge in [0.25, 0.3) is 5.19 Å². The molecule has 3 aromatic rings. The maximum atomic E-state index is 12.6. The predicted octanol–water partition coefficient (Wildman–Crippen LogP) is 4.57. The van der Waals surface area contributed by atoms with Crippen LogP contribution in [-0.4, -0.2) is 42.1 Å². The zero-order valence-electron chi connectivity index (χ0n) is 15.6. The molecule has 146 valence electrons. The standard InChI is InChI=1S/C21H21ClN2O3S/c1-26-15-7-5-14(6-8-15)13-19(25)24-11-9-16(10-12-24)27-21-23-20-17(22)3-2-4-18(20)28-21/h2-8,16H,9-13H2,1H3. The number of methoxy groups -OCH3 is 1. The number of rotatable bonds is 5. The first-order chi connectivity index (χ1) is 13.6. The van der Waals surface area contributed by atoms with Crippen LogP contribution in [0.5, 0.6) is 10.9 Å². The number of hydrogen-bond donors (Lipinski definition) is 0. The Hall–Kier alpha value is -2.31. The number of hydrogen-bond acceptors (Lipinski definition) is 5. The summed E-state index contributed by atoms with van der Waals surface area (Å²) < 4.78 is 12.2. The number of aromatic nitrogens is 1. The number of halogens is 1. The fraction of sp³-hybridized carbons (Fsp3) is 0.333. The van der Waals surface area contributed by atoms with Crippen LogP contribution in [0, 0.1) is 0 Å². The van der Waals surface area contributed by atoms with Crippen LogP contribution in [0.3, 0.4) is 0 Å². The highest BCUT2D eigenvalue weighted by molar-refractivity contribution is 7.20. The van der Waals surface area contributed by atoms with Crippen molar-refractivity contribution in [2.45, 2.75) is 25.4 Å². The summed E-state index contributed by atoms with van der Waals surface area (Å²) >= 11 is 7.70. The van der Waals surface area contributed by atoms with Crippen molar-refractivity contribution in [2.24, 2.45) is 0 Å². The van der Waals surface area contributed by atoms with Gasteiger partial charge in [0.15, 0.2) is 0 Å². The first-order valence-corrected chi connectivity index (χ1v) is 10.4. The summed E-state index contributed by atoms with van der Waals surface area (Å²) in [7, 11) is 1.63. The number of ether oxygens (including phenoxy) is 2. The SMILES string of the molecule is COc1ccc(CC(=O)N2CCC(Oc3nc4c(Cl)cccc4s3)CC2)cc1. The molecule has 0 saturated carbocycles. The molecule has 1 amide bonds. The molecule has 2 heterocycles. The third-order valence-corrected chi connectivity index (χ3v) is 6.14. The van der Waals surface area contributed by atoms with Crippen molar-refractivity contribution in [3.8, 4) is 10.9 Å². The Labute approximate surface area is 172 Å². The van der Waals surface area contributed by atoms with Gasteiger partial charge >= 0.3 is 0 Å². The summed E-state index contributed by atoms with van der Waals surface area (Å²) in [5.74, 6) is 0.945. The van der Waals surface area contributed by atoms with Crippen LogP contribution in [0.1, 0.15) is 18.4 Å². The van der Waals surface area contributed by atoms with Crippen molar-refractivity contribution in [3.05, 3.63) is 53.1 Å². The molecule has 1 fully saturated rings. The third-order valence-electron chi connectivity index (χ3n) is 4.93. The van der Waals surface area contributed by atoms with Crippen LogP contribution >= 0.6 is 22.9 Å². The molecular formula is C21H21ClN2O3S. The topological polar surface area (TPSA) is 51.7 Å². The van der Waals surface area contributed by atoms with Gasteiger partial charge in [-0.1, -0.05) is 41.1 Å². The second-order valence-electron chi connectivity index (χ2n) is 6.79. The van der Waals surface area contributed by atoms with Crippen LogP contribution in [0.4, 0.5) is 0 Å². The minimum absolute atomic E-state index is 0.0735. The first kappa shape index (κ1) is 19.0. The van der Waals surface area contributed by atoms with E-state index >= 15 is 0 Å². The number of carbonyl (C=O) groups excluding carboxylic acids is 1. The average molecular weight is 417 g/mol. The van der Waals surface area contributed by atoms with Crippen molar-refractivity contribution in [3.63, 3.8) is 0 Å². The lowest BCUT2D eigenvalue weighted by molar-refractivity contribution is -0.132. The second-order valence-corrected chi connectivity index (χ2v) is 8.19. The maximum absolute atomic E-state index is 12.6. The van der Waals surface area contributed by atoms with E-state index in [0.717, 1.165) is 34.4 Å². The van der Waals surface area contributed by atoms with Gasteiger partial charge in [0.05, 0.1) is 23.3 Å². The van der Waals surface area contributed by atoms with Gasteiger partial charge in [-0.05, 0) is 29.8 Å². The molecule has 7 heteroatoms. The number of fused-ring (bicyclic) bond motifs is 1. The fourth-order valence-electron chi connectivity index (χ4n) is 3.34. The van der Waals surface area contributed by atoms with Gasteiger partial charge in [0, 0.05) is 25.9 Å². The van der Waals surface area contributed by atoms with Crippen LogP contribution in [0.2, 0.25) is 5.02 Å². The Morgan fingerprint density at radius 2 is 1.96 bits per heavy atom. The quantitative estimate of drug-likeness (QED) is 0.611. The molecule has 5 nitrogen and oxygen atoms in total. The highest BCUT2D eigenvalue weighted by Gasteiger charge is 2.25. The average Bonchev–Trinajstić information content (AvgIpc) is 3.13. The van der Waals surface area contributed by atoms with E-state index in [0.29, 0.717) is 29.7 Å². The number of para-hydroxylation sites is 1. The van der Waals surface area contributed by atoms with E-state index in [1.54, 1.807) is 7.11 Å². The largest absolute Gasteiger partial charge is 0.497 e. The summed E-state index contributed by atoms with van der Waals surface area (Å²) in [5.41, 5.74) is 1.78. The number of nitrogens with zero attached hydrogens (tertiary/aromatic N) is 2. The number of thiazole rings is 1. The predicted molar refractivity (Wildman–Crippen MR) is 112 cm³/mol. The van der Waals surface area contributed by atoms with Crippen molar-refractivity contribution < 1.29 is 14.3 Å². The minimum atomic E-state index is 0.0735. The number of likely N-dealkylation sites (tertiary alicyclic amines) is 1. The lowest BCUT2D eigenvalue weighted by atomic mass is 10.1. The molecule has 1 aliphatic heterocycles.